The zero-order valence-electron chi connectivity index (χ0n) is 12.7. The normalized spacial score (nSPS) is 12.0. The molecule has 0 fully saturated rings. The second-order valence-electron chi connectivity index (χ2n) is 5.82. The lowest BCUT2D eigenvalue weighted by molar-refractivity contribution is -0.128. The molecule has 0 bridgehead atoms. The molecular weight excluding hydrogens is 356 g/mol. The number of nitrogens with zero attached hydrogens (tertiary/aromatic N) is 1. The summed E-state index contributed by atoms with van der Waals surface area (Å²) in [5, 5.41) is 2.75. The zero-order valence-corrected chi connectivity index (χ0v) is 15.1. The Morgan fingerprint density at radius 3 is 2.43 bits per heavy atom. The summed E-state index contributed by atoms with van der Waals surface area (Å²) < 4.78 is 25.9. The predicted octanol–water partition coefficient (Wildman–Crippen LogP) is 2.38. The molecule has 0 aliphatic rings. The summed E-state index contributed by atoms with van der Waals surface area (Å²) in [5.74, 6) is -0.106. The second kappa shape index (κ2) is 6.79. The molecule has 0 aliphatic carbocycles. The van der Waals surface area contributed by atoms with Crippen LogP contribution in [0.15, 0.2) is 28.7 Å². The highest BCUT2D eigenvalue weighted by Crippen LogP contribution is 2.21. The van der Waals surface area contributed by atoms with Crippen LogP contribution in [0.4, 0.5) is 5.69 Å². The number of anilines is 1. The van der Waals surface area contributed by atoms with E-state index >= 15 is 0 Å². The van der Waals surface area contributed by atoms with E-state index in [1.54, 1.807) is 18.2 Å². The number of nitrogens with one attached hydrogen (secondary N) is 1. The van der Waals surface area contributed by atoms with E-state index in [-0.39, 0.29) is 19.0 Å². The Hall–Kier alpha value is -1.08. The van der Waals surface area contributed by atoms with Crippen molar-refractivity contribution in [2.45, 2.75) is 20.8 Å². The molecule has 0 aromatic heterocycles. The number of sulfonamides is 1. The van der Waals surface area contributed by atoms with Gasteiger partial charge in [0.15, 0.2) is 0 Å². The second-order valence-corrected chi connectivity index (χ2v) is 8.64. The molecule has 0 saturated heterocycles. The highest BCUT2D eigenvalue weighted by atomic mass is 79.9. The molecule has 0 radical (unpaired) electrons. The molecule has 1 rings (SSSR count). The van der Waals surface area contributed by atoms with Crippen molar-refractivity contribution in [3.63, 3.8) is 0 Å². The number of benzene rings is 1. The molecule has 0 spiro atoms. The summed E-state index contributed by atoms with van der Waals surface area (Å²) in [4.78, 5) is 11.8. The van der Waals surface area contributed by atoms with Gasteiger partial charge < -0.3 is 5.32 Å². The molecule has 0 atom stereocenters. The lowest BCUT2D eigenvalue weighted by Crippen LogP contribution is -2.41. The van der Waals surface area contributed by atoms with Gasteiger partial charge in [-0.15, -0.1) is 0 Å². The van der Waals surface area contributed by atoms with Crippen LogP contribution in [-0.4, -0.2) is 33.7 Å². The smallest absolute Gasteiger partial charge is 0.232 e. The summed E-state index contributed by atoms with van der Waals surface area (Å²) in [6, 6.07) is 7.04. The summed E-state index contributed by atoms with van der Waals surface area (Å²) in [5.41, 5.74) is 0.0722. The number of carbonyl (C=O) groups is 1. The molecule has 0 heterocycles. The van der Waals surface area contributed by atoms with Crippen LogP contribution in [0, 0.1) is 5.41 Å². The largest absolute Gasteiger partial charge is 0.354 e. The van der Waals surface area contributed by atoms with E-state index < -0.39 is 15.4 Å². The van der Waals surface area contributed by atoms with Gasteiger partial charge in [-0.2, -0.15) is 0 Å². The van der Waals surface area contributed by atoms with Crippen molar-refractivity contribution in [1.29, 1.82) is 0 Å². The topological polar surface area (TPSA) is 66.5 Å². The van der Waals surface area contributed by atoms with E-state index in [2.05, 4.69) is 21.2 Å². The Morgan fingerprint density at radius 1 is 1.33 bits per heavy atom. The standard InChI is InChI=1S/C14H21BrN2O3S/c1-14(2,3)13(18)16-8-9-17(21(4,19)20)12-7-5-6-11(15)10-12/h5-7,10H,8-9H2,1-4H3,(H,16,18). The average molecular weight is 377 g/mol. The first kappa shape index (κ1) is 18.0. The van der Waals surface area contributed by atoms with Gasteiger partial charge in [-0.1, -0.05) is 42.8 Å². The number of carbonyl (C=O) groups excluding carboxylic acids is 1. The molecule has 1 aromatic carbocycles. The number of hydrogen-bond donors (Lipinski definition) is 1. The Labute approximate surface area is 134 Å². The molecule has 0 saturated carbocycles. The quantitative estimate of drug-likeness (QED) is 0.857. The Balaban J connectivity index is 2.81. The fourth-order valence-corrected chi connectivity index (χ4v) is 2.96. The first-order valence-corrected chi connectivity index (χ1v) is 9.17. The van der Waals surface area contributed by atoms with Crippen molar-refractivity contribution >= 4 is 37.5 Å². The van der Waals surface area contributed by atoms with Gasteiger partial charge >= 0.3 is 0 Å². The number of hydrogen-bond acceptors (Lipinski definition) is 3. The molecule has 1 aromatic rings. The molecular formula is C14H21BrN2O3S. The van der Waals surface area contributed by atoms with Crippen LogP contribution in [0.5, 0.6) is 0 Å². The maximum Gasteiger partial charge on any atom is 0.232 e. The van der Waals surface area contributed by atoms with Crippen LogP contribution in [-0.2, 0) is 14.8 Å². The molecule has 1 N–H and O–H groups in total. The fourth-order valence-electron chi connectivity index (χ4n) is 1.65. The van der Waals surface area contributed by atoms with Gasteiger partial charge in [-0.3, -0.25) is 9.10 Å². The van der Waals surface area contributed by atoms with Crippen molar-refractivity contribution in [2.75, 3.05) is 23.7 Å². The van der Waals surface area contributed by atoms with Crippen molar-refractivity contribution in [2.24, 2.45) is 5.41 Å². The van der Waals surface area contributed by atoms with Gasteiger partial charge in [0.1, 0.15) is 0 Å². The highest BCUT2D eigenvalue weighted by Gasteiger charge is 2.22. The van der Waals surface area contributed by atoms with Crippen LogP contribution in [0.1, 0.15) is 20.8 Å². The number of rotatable bonds is 5. The van der Waals surface area contributed by atoms with Gasteiger partial charge in [0.25, 0.3) is 0 Å². The molecule has 7 heteroatoms. The minimum absolute atomic E-state index is 0.106. The first-order chi connectivity index (χ1) is 9.51. The fraction of sp³-hybridized carbons (Fsp3) is 0.500. The molecule has 5 nitrogen and oxygen atoms in total. The first-order valence-electron chi connectivity index (χ1n) is 6.53. The molecule has 21 heavy (non-hydrogen) atoms. The van der Waals surface area contributed by atoms with Gasteiger partial charge in [0.2, 0.25) is 15.9 Å². The maximum absolute atomic E-state index is 11.9. The van der Waals surface area contributed by atoms with E-state index in [1.165, 1.54) is 4.31 Å². The van der Waals surface area contributed by atoms with Gasteiger partial charge in [-0.05, 0) is 18.2 Å². The van der Waals surface area contributed by atoms with E-state index in [9.17, 15) is 13.2 Å². The molecule has 1 amide bonds. The molecule has 0 unspecified atom stereocenters. The van der Waals surface area contributed by atoms with E-state index in [0.29, 0.717) is 5.69 Å². The average Bonchev–Trinajstić information content (AvgIpc) is 2.31. The third-order valence-corrected chi connectivity index (χ3v) is 4.47. The third kappa shape index (κ3) is 5.67. The lowest BCUT2D eigenvalue weighted by Gasteiger charge is -2.24. The highest BCUT2D eigenvalue weighted by molar-refractivity contribution is 9.10. The Bertz CT molecular complexity index is 609. The Kier molecular flexibility index (Phi) is 5.81. The summed E-state index contributed by atoms with van der Waals surface area (Å²) in [6.07, 6.45) is 1.15. The minimum atomic E-state index is -3.41. The predicted molar refractivity (Wildman–Crippen MR) is 88.8 cm³/mol. The van der Waals surface area contributed by atoms with E-state index in [1.807, 2.05) is 26.8 Å². The maximum atomic E-state index is 11.9. The van der Waals surface area contributed by atoms with E-state index in [4.69, 9.17) is 0 Å². The van der Waals surface area contributed by atoms with Crippen molar-refractivity contribution in [1.82, 2.24) is 5.32 Å². The lowest BCUT2D eigenvalue weighted by atomic mass is 9.96. The van der Waals surface area contributed by atoms with Gasteiger partial charge in [-0.25, -0.2) is 8.42 Å². The molecule has 118 valence electrons. The Morgan fingerprint density at radius 2 is 1.95 bits per heavy atom. The van der Waals surface area contributed by atoms with Crippen LogP contribution in [0.25, 0.3) is 0 Å². The van der Waals surface area contributed by atoms with Crippen molar-refractivity contribution in [3.8, 4) is 0 Å². The van der Waals surface area contributed by atoms with E-state index in [0.717, 1.165) is 10.7 Å². The van der Waals surface area contributed by atoms with Gasteiger partial charge in [0.05, 0.1) is 18.5 Å². The molecule has 0 aliphatic heterocycles. The zero-order chi connectivity index (χ0) is 16.3. The van der Waals surface area contributed by atoms with Crippen molar-refractivity contribution in [3.05, 3.63) is 28.7 Å². The third-order valence-electron chi connectivity index (χ3n) is 2.78. The monoisotopic (exact) mass is 376 g/mol. The van der Waals surface area contributed by atoms with Crippen molar-refractivity contribution < 1.29 is 13.2 Å². The van der Waals surface area contributed by atoms with Crippen LogP contribution in [0.2, 0.25) is 0 Å². The summed E-state index contributed by atoms with van der Waals surface area (Å²) in [6.45, 7) is 5.88. The van der Waals surface area contributed by atoms with Crippen LogP contribution >= 0.6 is 15.9 Å². The SMILES string of the molecule is CC(C)(C)C(=O)NCCN(c1cccc(Br)c1)S(C)(=O)=O. The summed E-state index contributed by atoms with van der Waals surface area (Å²) in [7, 11) is -3.41. The van der Waals surface area contributed by atoms with Crippen LogP contribution < -0.4 is 9.62 Å². The van der Waals surface area contributed by atoms with Crippen LogP contribution in [0.3, 0.4) is 0 Å². The number of halogens is 1. The summed E-state index contributed by atoms with van der Waals surface area (Å²) >= 11 is 3.32. The minimum Gasteiger partial charge on any atom is -0.354 e. The number of amides is 1. The van der Waals surface area contributed by atoms with Gasteiger partial charge in [0, 0.05) is 16.4 Å².